The molecule has 2 aliphatic heterocycles. The molecule has 2 bridgehead atoms. The minimum absolute atomic E-state index is 0.0395. The highest BCUT2D eigenvalue weighted by Crippen LogP contribution is 2.62. The molecular weight excluding hydrogens is 864 g/mol. The summed E-state index contributed by atoms with van der Waals surface area (Å²) in [6.07, 6.45) is 8.56. The highest BCUT2D eigenvalue weighted by atomic mass is 32.1. The molecule has 3 heterocycles. The van der Waals surface area contributed by atoms with E-state index in [0.29, 0.717) is 0 Å². The monoisotopic (exact) mass is 937 g/mol. The lowest BCUT2D eigenvalue weighted by Crippen LogP contribution is -2.61. The maximum absolute atomic E-state index is 2.79. The van der Waals surface area contributed by atoms with Gasteiger partial charge in [0.1, 0.15) is 0 Å². The molecule has 0 spiro atoms. The van der Waals surface area contributed by atoms with Crippen molar-refractivity contribution in [3.8, 4) is 11.1 Å². The number of aryl methyl sites for hydroxylation is 1. The van der Waals surface area contributed by atoms with Crippen molar-refractivity contribution in [2.75, 3.05) is 9.80 Å². The molecule has 0 N–H and O–H groups in total. The summed E-state index contributed by atoms with van der Waals surface area (Å²) in [6, 6.07) is 42.2. The Morgan fingerprint density at radius 1 is 0.500 bits per heavy atom. The van der Waals surface area contributed by atoms with Crippen LogP contribution in [0, 0.1) is 6.92 Å². The van der Waals surface area contributed by atoms with Gasteiger partial charge in [-0.1, -0.05) is 139 Å². The van der Waals surface area contributed by atoms with E-state index in [1.165, 1.54) is 149 Å². The third-order valence-corrected chi connectivity index (χ3v) is 20.7. The first-order valence-electron chi connectivity index (χ1n) is 26.8. The van der Waals surface area contributed by atoms with Crippen LogP contribution in [0.2, 0.25) is 0 Å². The van der Waals surface area contributed by atoms with Crippen molar-refractivity contribution >= 4 is 78.0 Å². The first-order chi connectivity index (χ1) is 32.9. The second-order valence-corrected chi connectivity index (χ2v) is 28.4. The van der Waals surface area contributed by atoms with E-state index in [4.69, 9.17) is 0 Å². The molecule has 13 rings (SSSR count). The first kappa shape index (κ1) is 44.9. The fraction of sp³-hybridized carbons (Fsp3) is 0.424. The fourth-order valence-corrected chi connectivity index (χ4v) is 16.4. The van der Waals surface area contributed by atoms with Gasteiger partial charge in [0.05, 0.1) is 10.7 Å². The number of fused-ring (bicyclic) bond motifs is 13. The minimum Gasteiger partial charge on any atom is -0.311 e. The summed E-state index contributed by atoms with van der Waals surface area (Å²) >= 11 is 2.05. The summed E-state index contributed by atoms with van der Waals surface area (Å²) in [4.78, 5) is 5.48. The van der Waals surface area contributed by atoms with Crippen molar-refractivity contribution in [2.24, 2.45) is 0 Å². The zero-order valence-corrected chi connectivity index (χ0v) is 45.5. The van der Waals surface area contributed by atoms with E-state index in [1.54, 1.807) is 11.1 Å². The summed E-state index contributed by atoms with van der Waals surface area (Å²) in [6.45, 7) is 34.6. The van der Waals surface area contributed by atoms with Crippen LogP contribution in [0.5, 0.6) is 0 Å². The molecule has 4 aliphatic carbocycles. The minimum atomic E-state index is 0.0395. The van der Waals surface area contributed by atoms with Crippen molar-refractivity contribution in [1.29, 1.82) is 0 Å². The van der Waals surface area contributed by atoms with Gasteiger partial charge in [-0.25, -0.2) is 0 Å². The molecule has 2 unspecified atom stereocenters. The molecule has 2 atom stereocenters. The average molecular weight is 937 g/mol. The third-order valence-electron chi connectivity index (χ3n) is 19.5. The molecule has 6 aliphatic rings. The van der Waals surface area contributed by atoms with Gasteiger partial charge in [0, 0.05) is 33.0 Å². The van der Waals surface area contributed by atoms with Gasteiger partial charge in [-0.3, -0.25) is 0 Å². The predicted molar refractivity (Wildman–Crippen MR) is 304 cm³/mol. The van der Waals surface area contributed by atoms with Gasteiger partial charge in [0.2, 0.25) is 0 Å². The molecular formula is C66H73BN2S. The number of rotatable bonds is 3. The van der Waals surface area contributed by atoms with Crippen LogP contribution in [0.4, 0.5) is 33.4 Å². The van der Waals surface area contributed by atoms with Gasteiger partial charge in [0.15, 0.2) is 0 Å². The number of thiophene rings is 1. The van der Waals surface area contributed by atoms with E-state index in [-0.39, 0.29) is 44.6 Å². The van der Waals surface area contributed by atoms with Crippen LogP contribution in [0.1, 0.15) is 179 Å². The lowest BCUT2D eigenvalue weighted by atomic mass is 9.33. The van der Waals surface area contributed by atoms with E-state index in [0.717, 1.165) is 0 Å². The maximum Gasteiger partial charge on any atom is 0.254 e. The normalized spacial score (nSPS) is 23.7. The average Bonchev–Trinajstić information content (AvgIpc) is 3.91. The van der Waals surface area contributed by atoms with E-state index < -0.39 is 0 Å². The first-order valence-corrected chi connectivity index (χ1v) is 27.6. The van der Waals surface area contributed by atoms with Gasteiger partial charge in [-0.2, -0.15) is 0 Å². The highest BCUT2D eigenvalue weighted by molar-refractivity contribution is 7.26. The van der Waals surface area contributed by atoms with E-state index in [2.05, 4.69) is 210 Å². The SMILES string of the molecule is Cc1cc2c3c(c1)N(c1ccc(C(C)(C)C)cc1)c1sc4cc5c(cc4c1B3c1cc3c(cc1N2c1cc2c(cc1-c1ccccc1)C(C)(C)CCC2(C)C)C(C)(C)CCC3(C)C)C1(C)CCC5(C)C1. The third kappa shape index (κ3) is 6.16. The van der Waals surface area contributed by atoms with Gasteiger partial charge < -0.3 is 9.80 Å². The largest absolute Gasteiger partial charge is 0.311 e. The number of benzene rings is 6. The Balaban J connectivity index is 1.18. The summed E-state index contributed by atoms with van der Waals surface area (Å²) < 4.78 is 1.44. The van der Waals surface area contributed by atoms with E-state index in [9.17, 15) is 0 Å². The molecule has 0 saturated heterocycles. The maximum atomic E-state index is 2.79. The van der Waals surface area contributed by atoms with Gasteiger partial charge in [-0.15, -0.1) is 11.3 Å². The number of nitrogens with zero attached hydrogens (tertiary/aromatic N) is 2. The van der Waals surface area contributed by atoms with Gasteiger partial charge in [0.25, 0.3) is 6.71 Å². The van der Waals surface area contributed by atoms with Crippen LogP contribution in [0.25, 0.3) is 21.2 Å². The lowest BCUT2D eigenvalue weighted by Gasteiger charge is -2.48. The van der Waals surface area contributed by atoms with Crippen LogP contribution in [0.3, 0.4) is 0 Å². The summed E-state index contributed by atoms with van der Waals surface area (Å²) in [7, 11) is 0. The predicted octanol–water partition coefficient (Wildman–Crippen LogP) is 16.7. The molecule has 0 radical (unpaired) electrons. The second-order valence-electron chi connectivity index (χ2n) is 27.4. The molecule has 4 heteroatoms. The van der Waals surface area contributed by atoms with Crippen LogP contribution in [0.15, 0.2) is 103 Å². The van der Waals surface area contributed by atoms with Gasteiger partial charge >= 0.3 is 0 Å². The molecule has 70 heavy (non-hydrogen) atoms. The molecule has 0 amide bonds. The summed E-state index contributed by atoms with van der Waals surface area (Å²) in [5.41, 5.74) is 26.2. The van der Waals surface area contributed by atoms with Crippen molar-refractivity contribution in [3.05, 3.63) is 148 Å². The Hall–Kier alpha value is -5.06. The second kappa shape index (κ2) is 14.1. The smallest absolute Gasteiger partial charge is 0.254 e. The summed E-state index contributed by atoms with van der Waals surface area (Å²) in [5.74, 6) is 0. The van der Waals surface area contributed by atoms with E-state index >= 15 is 0 Å². The van der Waals surface area contributed by atoms with Crippen molar-refractivity contribution in [1.82, 2.24) is 0 Å². The fourth-order valence-electron chi connectivity index (χ4n) is 15.1. The van der Waals surface area contributed by atoms with Crippen molar-refractivity contribution < 1.29 is 0 Å². The molecule has 356 valence electrons. The van der Waals surface area contributed by atoms with Crippen LogP contribution >= 0.6 is 11.3 Å². The topological polar surface area (TPSA) is 6.48 Å². The Morgan fingerprint density at radius 2 is 1.03 bits per heavy atom. The molecule has 1 aromatic heterocycles. The molecule has 2 nitrogen and oxygen atoms in total. The van der Waals surface area contributed by atoms with Crippen molar-refractivity contribution in [2.45, 2.75) is 180 Å². The lowest BCUT2D eigenvalue weighted by molar-refractivity contribution is 0.332. The van der Waals surface area contributed by atoms with Crippen LogP contribution < -0.4 is 26.2 Å². The van der Waals surface area contributed by atoms with E-state index in [1.807, 2.05) is 11.3 Å². The quantitative estimate of drug-likeness (QED) is 0.163. The van der Waals surface area contributed by atoms with Crippen LogP contribution in [-0.2, 0) is 37.9 Å². The highest BCUT2D eigenvalue weighted by Gasteiger charge is 2.54. The standard InChI is InChI=1S/C66H73BN2S/c1-39-30-54-58-55(31-39)69(52-35-47-45(61(5,6)24-26-63(47,9)10)32-43(52)40-18-16-15-17-19-40)53-36-48-46(62(7,8)25-27-64(48,11)12)34-51(53)67(58)57-44-33-49-50(66(14)29-28-65(49,13)38-66)37-56(44)70-59(57)68(54)42-22-20-41(21-23-42)60(2,3)4/h15-23,30-37H,24-29,38H2,1-14H3. The molecule has 6 aromatic carbocycles. The number of hydrogen-bond donors (Lipinski definition) is 0. The van der Waals surface area contributed by atoms with Gasteiger partial charge in [-0.05, 0) is 216 Å². The van der Waals surface area contributed by atoms with Crippen molar-refractivity contribution in [3.63, 3.8) is 0 Å². The Labute approximate surface area is 424 Å². The molecule has 7 aromatic rings. The Morgan fingerprint density at radius 3 is 1.61 bits per heavy atom. The zero-order chi connectivity index (χ0) is 49.0. The summed E-state index contributed by atoms with van der Waals surface area (Å²) in [5, 5.41) is 2.85. The Kier molecular flexibility index (Phi) is 9.05. The number of hydrogen-bond acceptors (Lipinski definition) is 3. The number of anilines is 6. The molecule has 1 saturated carbocycles. The van der Waals surface area contributed by atoms with Crippen LogP contribution in [-0.4, -0.2) is 6.71 Å². The zero-order valence-electron chi connectivity index (χ0n) is 44.6. The Bertz CT molecular complexity index is 3390. The molecule has 1 fully saturated rings.